The maximum atomic E-state index is 11.7. The molecule has 3 aromatic rings. The van der Waals surface area contributed by atoms with E-state index >= 15 is 0 Å². The van der Waals surface area contributed by atoms with Crippen molar-refractivity contribution in [3.05, 3.63) is 59.7 Å². The highest BCUT2D eigenvalue weighted by Gasteiger charge is 2.09. The Morgan fingerprint density at radius 3 is 2.45 bits per heavy atom. The number of nitrogen functional groups attached to an aromatic ring is 1. The van der Waals surface area contributed by atoms with E-state index < -0.39 is 9.84 Å². The zero-order chi connectivity index (χ0) is 21.0. The largest absolute Gasteiger partial charge is 0.383 e. The molecule has 1 heterocycles. The van der Waals surface area contributed by atoms with Crippen molar-refractivity contribution in [1.82, 2.24) is 9.97 Å². The number of hydrogen-bond acceptors (Lipinski definition) is 7. The number of nitrogens with zero attached hydrogens (tertiary/aromatic N) is 2. The molecule has 0 fully saturated rings. The predicted molar refractivity (Wildman–Crippen MR) is 118 cm³/mol. The quantitative estimate of drug-likeness (QED) is 0.512. The number of anilines is 3. The van der Waals surface area contributed by atoms with E-state index in [1.807, 2.05) is 24.3 Å². The molecule has 0 amide bonds. The lowest BCUT2D eigenvalue weighted by Crippen LogP contribution is -2.15. The summed E-state index contributed by atoms with van der Waals surface area (Å²) in [5, 5.41) is 6.44. The Labute approximate surface area is 171 Å². The van der Waals surface area contributed by atoms with E-state index in [1.165, 1.54) is 11.8 Å². The van der Waals surface area contributed by atoms with Crippen LogP contribution in [0.15, 0.2) is 53.4 Å². The Hall–Kier alpha value is -3.13. The second-order valence-corrected chi connectivity index (χ2v) is 8.91. The minimum Gasteiger partial charge on any atom is -0.383 e. The maximum absolute atomic E-state index is 11.7. The summed E-state index contributed by atoms with van der Waals surface area (Å²) in [7, 11) is -3.23. The molecule has 3 rings (SSSR count). The summed E-state index contributed by atoms with van der Waals surface area (Å²) >= 11 is 0. The normalized spacial score (nSPS) is 11.3. The van der Waals surface area contributed by atoms with Gasteiger partial charge in [0, 0.05) is 36.7 Å². The van der Waals surface area contributed by atoms with Gasteiger partial charge in [0.2, 0.25) is 5.95 Å². The predicted octanol–water partition coefficient (Wildman–Crippen LogP) is 3.27. The number of hydrogen-bond donors (Lipinski definition) is 3. The summed E-state index contributed by atoms with van der Waals surface area (Å²) < 4.78 is 23.3. The van der Waals surface area contributed by atoms with E-state index in [1.54, 1.807) is 18.2 Å². The Morgan fingerprint density at radius 1 is 0.966 bits per heavy atom. The molecule has 0 aliphatic heterocycles. The summed E-state index contributed by atoms with van der Waals surface area (Å²) in [5.74, 6) is 0.847. The molecule has 0 spiro atoms. The van der Waals surface area contributed by atoms with Crippen LogP contribution in [0.2, 0.25) is 0 Å². The van der Waals surface area contributed by atoms with Crippen LogP contribution >= 0.6 is 0 Å². The summed E-state index contributed by atoms with van der Waals surface area (Å²) in [4.78, 5) is 8.91. The average molecular weight is 412 g/mol. The number of aryl methyl sites for hydroxylation is 1. The fraction of sp³-hybridized carbons (Fsp3) is 0.238. The van der Waals surface area contributed by atoms with E-state index in [9.17, 15) is 8.42 Å². The van der Waals surface area contributed by atoms with E-state index in [-0.39, 0.29) is 10.8 Å². The molecule has 2 aromatic carbocycles. The molecule has 0 saturated carbocycles. The zero-order valence-corrected chi connectivity index (χ0v) is 17.5. The lowest BCUT2D eigenvalue weighted by atomic mass is 10.0. The van der Waals surface area contributed by atoms with Crippen molar-refractivity contribution in [1.29, 1.82) is 0 Å². The highest BCUT2D eigenvalue weighted by molar-refractivity contribution is 7.90. The fourth-order valence-corrected chi connectivity index (χ4v) is 3.62. The van der Waals surface area contributed by atoms with Gasteiger partial charge in [0.25, 0.3) is 0 Å². The van der Waals surface area contributed by atoms with Gasteiger partial charge < -0.3 is 16.4 Å². The van der Waals surface area contributed by atoms with E-state index in [0.717, 1.165) is 22.5 Å². The number of benzene rings is 2. The van der Waals surface area contributed by atoms with Crippen LogP contribution in [-0.4, -0.2) is 37.7 Å². The first-order chi connectivity index (χ1) is 13.7. The molecular formula is C21H25N5O2S. The van der Waals surface area contributed by atoms with E-state index in [0.29, 0.717) is 18.9 Å². The van der Waals surface area contributed by atoms with Crippen molar-refractivity contribution < 1.29 is 8.42 Å². The summed E-state index contributed by atoms with van der Waals surface area (Å²) in [6.45, 7) is 5.28. The molecule has 8 heteroatoms. The Kier molecular flexibility index (Phi) is 6.03. The Bertz CT molecular complexity index is 1130. The van der Waals surface area contributed by atoms with Crippen LogP contribution in [0.25, 0.3) is 11.3 Å². The average Bonchev–Trinajstić information content (AvgIpc) is 2.66. The molecule has 1 aromatic heterocycles. The van der Waals surface area contributed by atoms with Crippen LogP contribution in [0.5, 0.6) is 0 Å². The van der Waals surface area contributed by atoms with Crippen molar-refractivity contribution in [2.24, 2.45) is 0 Å². The van der Waals surface area contributed by atoms with Gasteiger partial charge in [-0.1, -0.05) is 24.3 Å². The number of aromatic nitrogens is 2. The molecule has 0 aliphatic carbocycles. The maximum Gasteiger partial charge on any atom is 0.222 e. The summed E-state index contributed by atoms with van der Waals surface area (Å²) in [5.41, 5.74) is 10.8. The van der Waals surface area contributed by atoms with Crippen LogP contribution in [0.3, 0.4) is 0 Å². The van der Waals surface area contributed by atoms with Crippen molar-refractivity contribution in [3.63, 3.8) is 0 Å². The van der Waals surface area contributed by atoms with Gasteiger partial charge in [-0.15, -0.1) is 0 Å². The van der Waals surface area contributed by atoms with Gasteiger partial charge in [-0.2, -0.15) is 4.98 Å². The number of nitrogens with two attached hydrogens (primary N) is 1. The summed E-state index contributed by atoms with van der Waals surface area (Å²) in [6, 6.07) is 14.7. The zero-order valence-electron chi connectivity index (χ0n) is 16.7. The van der Waals surface area contributed by atoms with E-state index in [4.69, 9.17) is 5.73 Å². The fourth-order valence-electron chi connectivity index (χ4n) is 2.96. The summed E-state index contributed by atoms with van der Waals surface area (Å²) in [6.07, 6.45) is 1.20. The first kappa shape index (κ1) is 20.6. The van der Waals surface area contributed by atoms with Crippen molar-refractivity contribution in [2.75, 3.05) is 35.7 Å². The number of nitrogens with one attached hydrogen (secondary N) is 2. The SMILES string of the molecule is Cc1cccc(-c2cc(NCCNc3cccc(S(C)(=O)=O)c3)nc(N)n2)c1C. The monoisotopic (exact) mass is 411 g/mol. The highest BCUT2D eigenvalue weighted by Crippen LogP contribution is 2.26. The molecule has 0 unspecified atom stereocenters. The Morgan fingerprint density at radius 2 is 1.69 bits per heavy atom. The smallest absolute Gasteiger partial charge is 0.222 e. The third kappa shape index (κ3) is 5.23. The van der Waals surface area contributed by atoms with Crippen molar-refractivity contribution >= 4 is 27.3 Å². The standard InChI is InChI=1S/C21H25N5O2S/c1-14-6-4-9-18(15(14)2)19-13-20(26-21(22)25-19)24-11-10-23-16-7-5-8-17(12-16)29(3,27)28/h4-9,12-13,23H,10-11H2,1-3H3,(H3,22,24,25,26). The van der Waals surface area contributed by atoms with Gasteiger partial charge >= 0.3 is 0 Å². The second kappa shape index (κ2) is 8.48. The van der Waals surface area contributed by atoms with Gasteiger partial charge in [0.15, 0.2) is 9.84 Å². The second-order valence-electron chi connectivity index (χ2n) is 6.90. The molecular weight excluding hydrogens is 386 g/mol. The minimum atomic E-state index is -3.23. The van der Waals surface area contributed by atoms with Crippen LogP contribution in [0, 0.1) is 13.8 Å². The molecule has 0 saturated heterocycles. The molecule has 4 N–H and O–H groups in total. The van der Waals surface area contributed by atoms with Crippen LogP contribution in [-0.2, 0) is 9.84 Å². The molecule has 0 atom stereocenters. The minimum absolute atomic E-state index is 0.208. The first-order valence-electron chi connectivity index (χ1n) is 9.23. The highest BCUT2D eigenvalue weighted by atomic mass is 32.2. The Balaban J connectivity index is 1.66. The number of sulfone groups is 1. The van der Waals surface area contributed by atoms with Gasteiger partial charge in [-0.3, -0.25) is 0 Å². The molecule has 29 heavy (non-hydrogen) atoms. The van der Waals surface area contributed by atoms with E-state index in [2.05, 4.69) is 40.5 Å². The van der Waals surface area contributed by atoms with Gasteiger partial charge in [0.1, 0.15) is 5.82 Å². The number of rotatable bonds is 7. The van der Waals surface area contributed by atoms with Crippen molar-refractivity contribution in [3.8, 4) is 11.3 Å². The molecule has 0 radical (unpaired) electrons. The van der Waals surface area contributed by atoms with Gasteiger partial charge in [0.05, 0.1) is 10.6 Å². The molecule has 0 bridgehead atoms. The molecule has 152 valence electrons. The third-order valence-corrected chi connectivity index (χ3v) is 5.76. The lowest BCUT2D eigenvalue weighted by molar-refractivity contribution is 0.602. The van der Waals surface area contributed by atoms with Gasteiger partial charge in [-0.25, -0.2) is 13.4 Å². The van der Waals surface area contributed by atoms with Crippen LogP contribution in [0.4, 0.5) is 17.5 Å². The molecule has 7 nitrogen and oxygen atoms in total. The topological polar surface area (TPSA) is 110 Å². The first-order valence-corrected chi connectivity index (χ1v) is 11.1. The van der Waals surface area contributed by atoms with Crippen LogP contribution in [0.1, 0.15) is 11.1 Å². The van der Waals surface area contributed by atoms with Crippen molar-refractivity contribution in [2.45, 2.75) is 18.7 Å². The lowest BCUT2D eigenvalue weighted by Gasteiger charge is -2.12. The van der Waals surface area contributed by atoms with Gasteiger partial charge in [-0.05, 0) is 43.2 Å². The third-order valence-electron chi connectivity index (χ3n) is 4.65. The van der Waals surface area contributed by atoms with Crippen LogP contribution < -0.4 is 16.4 Å². The molecule has 0 aliphatic rings.